The van der Waals surface area contributed by atoms with Crippen LogP contribution in [0.3, 0.4) is 0 Å². The molecular formula is C41H46N6O7S2. The Morgan fingerprint density at radius 1 is 1.12 bits per heavy atom. The average molecular weight is 799 g/mol. The largest absolute Gasteiger partial charge is 0.506 e. The number of aromatic hydroxyl groups is 1. The summed E-state index contributed by atoms with van der Waals surface area (Å²) in [7, 11) is 2.15. The number of ether oxygens (including phenoxy) is 2. The summed E-state index contributed by atoms with van der Waals surface area (Å²) in [4.78, 5) is 32.6. The van der Waals surface area contributed by atoms with E-state index in [-0.39, 0.29) is 24.0 Å². The van der Waals surface area contributed by atoms with Crippen LogP contribution in [0.4, 0.5) is 0 Å². The van der Waals surface area contributed by atoms with Gasteiger partial charge in [-0.15, -0.1) is 27.8 Å². The van der Waals surface area contributed by atoms with Gasteiger partial charge in [0.2, 0.25) is 11.2 Å². The van der Waals surface area contributed by atoms with Crippen LogP contribution < -0.4 is 10.9 Å². The standard InChI is InChI=1S/C41H46N6O7S2/c1-24-6-14-36(56-24)41(52,35-5-3-18-55-35)40(51)54-27-9-7-26(8-10-27)46(2)16-4-17-47-39-31-23-53-22-30(31)25(19-32(39)44-45-47)20-42-21-34(49)28-11-13-33(48)38-29(28)12-15-37(50)43-38/h3,5-6,11-15,18-19,26-27,34,42,48-49,52H,4,7-10,16-17,20-23H2,1-2H3,(H,43,50)/t26-,27-,34-,41-/m0/s1. The zero-order valence-corrected chi connectivity index (χ0v) is 33.0. The summed E-state index contributed by atoms with van der Waals surface area (Å²) in [6, 6.07) is 15.9. The molecule has 1 saturated carbocycles. The summed E-state index contributed by atoms with van der Waals surface area (Å²) in [5, 5.41) is 47.9. The number of aromatic nitrogens is 4. The molecule has 1 aliphatic carbocycles. The number of nitrogens with zero attached hydrogens (tertiary/aromatic N) is 4. The highest BCUT2D eigenvalue weighted by Crippen LogP contribution is 2.39. The number of hydrogen-bond donors (Lipinski definition) is 5. The Morgan fingerprint density at radius 2 is 1.95 bits per heavy atom. The van der Waals surface area contributed by atoms with Gasteiger partial charge in [0.1, 0.15) is 17.4 Å². The smallest absolute Gasteiger partial charge is 0.349 e. The van der Waals surface area contributed by atoms with Crippen LogP contribution in [0.2, 0.25) is 0 Å². The monoisotopic (exact) mass is 798 g/mol. The highest BCUT2D eigenvalue weighted by Gasteiger charge is 2.45. The van der Waals surface area contributed by atoms with E-state index in [1.165, 1.54) is 34.8 Å². The molecule has 4 aromatic heterocycles. The summed E-state index contributed by atoms with van der Waals surface area (Å²) >= 11 is 2.77. The van der Waals surface area contributed by atoms with Gasteiger partial charge in [0.25, 0.3) is 0 Å². The molecule has 0 radical (unpaired) electrons. The maximum absolute atomic E-state index is 13.5. The summed E-state index contributed by atoms with van der Waals surface area (Å²) < 4.78 is 13.9. The lowest BCUT2D eigenvalue weighted by atomic mass is 9.91. The fraction of sp³-hybridized carbons (Fsp3) is 0.415. The van der Waals surface area contributed by atoms with E-state index < -0.39 is 17.7 Å². The number of nitrogens with one attached hydrogen (secondary N) is 2. The molecule has 2 atom stereocenters. The molecule has 15 heteroatoms. The number of carbonyl (C=O) groups excluding carboxylic acids is 1. The third kappa shape index (κ3) is 7.52. The van der Waals surface area contributed by atoms with Gasteiger partial charge in [-0.3, -0.25) is 4.79 Å². The van der Waals surface area contributed by atoms with Crippen LogP contribution in [0.15, 0.2) is 64.8 Å². The van der Waals surface area contributed by atoms with Crippen molar-refractivity contribution in [2.45, 2.75) is 89.2 Å². The average Bonchev–Trinajstić information content (AvgIpc) is 4.03. The number of aliphatic hydroxyl groups is 2. The van der Waals surface area contributed by atoms with Gasteiger partial charge in [-0.1, -0.05) is 17.3 Å². The van der Waals surface area contributed by atoms with Gasteiger partial charge < -0.3 is 40.0 Å². The molecule has 2 aromatic carbocycles. The molecule has 2 aliphatic rings. The van der Waals surface area contributed by atoms with E-state index in [1.54, 1.807) is 18.2 Å². The van der Waals surface area contributed by atoms with Crippen LogP contribution in [-0.2, 0) is 46.2 Å². The van der Waals surface area contributed by atoms with Crippen molar-refractivity contribution in [1.82, 2.24) is 30.2 Å². The molecule has 6 aromatic rings. The van der Waals surface area contributed by atoms with Crippen molar-refractivity contribution < 1.29 is 29.6 Å². The number of benzene rings is 2. The number of rotatable bonds is 14. The number of hydrogen-bond acceptors (Lipinski definition) is 13. The number of phenolic OH excluding ortho intramolecular Hbond substituents is 1. The van der Waals surface area contributed by atoms with E-state index in [9.17, 15) is 24.9 Å². The van der Waals surface area contributed by atoms with Crippen molar-refractivity contribution in [1.29, 1.82) is 0 Å². The number of pyridine rings is 1. The lowest BCUT2D eigenvalue weighted by Gasteiger charge is -2.35. The van der Waals surface area contributed by atoms with Gasteiger partial charge in [-0.2, -0.15) is 0 Å². The third-order valence-electron chi connectivity index (χ3n) is 11.2. The first-order valence-electron chi connectivity index (χ1n) is 19.0. The molecular weight excluding hydrogens is 753 g/mol. The highest BCUT2D eigenvalue weighted by atomic mass is 32.1. The van der Waals surface area contributed by atoms with Gasteiger partial charge in [0.05, 0.1) is 40.1 Å². The predicted molar refractivity (Wildman–Crippen MR) is 215 cm³/mol. The molecule has 0 unspecified atom stereocenters. The number of H-pyrrole nitrogens is 1. The van der Waals surface area contributed by atoms with E-state index >= 15 is 0 Å². The van der Waals surface area contributed by atoms with Gasteiger partial charge in [-0.25, -0.2) is 9.48 Å². The van der Waals surface area contributed by atoms with Gasteiger partial charge >= 0.3 is 5.97 Å². The topological polar surface area (TPSA) is 175 Å². The molecule has 1 fully saturated rings. The number of fused-ring (bicyclic) bond motifs is 4. The minimum absolute atomic E-state index is 0.0455. The van der Waals surface area contributed by atoms with E-state index in [0.29, 0.717) is 58.6 Å². The summed E-state index contributed by atoms with van der Waals surface area (Å²) in [6.07, 6.45) is 3.08. The Labute approximate surface area is 331 Å². The normalized spacial score (nSPS) is 18.7. The maximum atomic E-state index is 13.5. The van der Waals surface area contributed by atoms with Crippen molar-refractivity contribution >= 4 is 50.6 Å². The molecule has 0 amide bonds. The van der Waals surface area contributed by atoms with Gasteiger partial charge in [-0.05, 0) is 111 Å². The Balaban J connectivity index is 0.843. The van der Waals surface area contributed by atoms with Crippen molar-refractivity contribution in [2.24, 2.45) is 0 Å². The summed E-state index contributed by atoms with van der Waals surface area (Å²) in [5.41, 5.74) is 3.85. The van der Waals surface area contributed by atoms with E-state index in [4.69, 9.17) is 9.47 Å². The molecule has 1 aliphatic heterocycles. The molecule has 56 heavy (non-hydrogen) atoms. The molecule has 8 rings (SSSR count). The molecule has 294 valence electrons. The minimum Gasteiger partial charge on any atom is -0.506 e. The van der Waals surface area contributed by atoms with Crippen LogP contribution in [0.1, 0.15) is 75.1 Å². The third-order valence-corrected chi connectivity index (χ3v) is 13.3. The Kier molecular flexibility index (Phi) is 11.1. The number of thiophene rings is 2. The Bertz CT molecular complexity index is 2400. The van der Waals surface area contributed by atoms with Crippen LogP contribution in [0, 0.1) is 6.92 Å². The number of carbonyl (C=O) groups is 1. The number of aromatic amines is 1. The molecule has 5 N–H and O–H groups in total. The first-order valence-corrected chi connectivity index (χ1v) is 20.7. The fourth-order valence-corrected chi connectivity index (χ4v) is 10.0. The van der Waals surface area contributed by atoms with Crippen molar-refractivity contribution in [3.8, 4) is 5.75 Å². The maximum Gasteiger partial charge on any atom is 0.349 e. The number of aliphatic hydroxyl groups excluding tert-OH is 1. The van der Waals surface area contributed by atoms with Crippen LogP contribution in [0.5, 0.6) is 5.75 Å². The second kappa shape index (κ2) is 16.2. The molecule has 5 heterocycles. The lowest BCUT2D eigenvalue weighted by molar-refractivity contribution is -0.169. The van der Waals surface area contributed by atoms with E-state index in [0.717, 1.165) is 71.2 Å². The van der Waals surface area contributed by atoms with Crippen molar-refractivity contribution in [3.63, 3.8) is 0 Å². The van der Waals surface area contributed by atoms with Crippen LogP contribution >= 0.6 is 22.7 Å². The second-order valence-corrected chi connectivity index (χ2v) is 17.1. The predicted octanol–water partition coefficient (Wildman–Crippen LogP) is 5.38. The van der Waals surface area contributed by atoms with Crippen LogP contribution in [-0.4, -0.2) is 78.4 Å². The number of aryl methyl sites for hydroxylation is 2. The van der Waals surface area contributed by atoms with Gasteiger partial charge in [0.15, 0.2) is 0 Å². The second-order valence-electron chi connectivity index (χ2n) is 14.9. The number of esters is 1. The Morgan fingerprint density at radius 3 is 2.71 bits per heavy atom. The molecule has 0 saturated heterocycles. The number of phenols is 1. The highest BCUT2D eigenvalue weighted by molar-refractivity contribution is 7.13. The molecule has 0 spiro atoms. The molecule has 13 nitrogen and oxygen atoms in total. The minimum atomic E-state index is -1.79. The zero-order chi connectivity index (χ0) is 39.0. The van der Waals surface area contributed by atoms with Crippen molar-refractivity contribution in [3.05, 3.63) is 107 Å². The first-order chi connectivity index (χ1) is 27.1. The van der Waals surface area contributed by atoms with E-state index in [1.807, 2.05) is 41.3 Å². The summed E-state index contributed by atoms with van der Waals surface area (Å²) in [6.45, 7) is 5.28. The Hall–Kier alpha value is -4.48. The van der Waals surface area contributed by atoms with Gasteiger partial charge in [0, 0.05) is 47.6 Å². The first kappa shape index (κ1) is 38.4. The van der Waals surface area contributed by atoms with Crippen molar-refractivity contribution in [2.75, 3.05) is 20.1 Å². The van der Waals surface area contributed by atoms with Crippen LogP contribution in [0.25, 0.3) is 21.9 Å². The summed E-state index contributed by atoms with van der Waals surface area (Å²) in [5.74, 6) is -0.645. The SMILES string of the molecule is Cc1ccc([C@](O)(C(=O)O[C@H]2CC[C@H](N(C)CCCn3nnc4cc(CNC[C@H](O)c5ccc(O)c6[nH]c(=O)ccc56)c5c(c43)COC5)CC2)c2cccs2)s1. The van der Waals surface area contributed by atoms with E-state index in [2.05, 4.69) is 32.6 Å². The lowest BCUT2D eigenvalue weighted by Crippen LogP contribution is -2.42. The molecule has 0 bridgehead atoms. The quantitative estimate of drug-likeness (QED) is 0.0896. The zero-order valence-electron chi connectivity index (χ0n) is 31.4. The fourth-order valence-electron chi connectivity index (χ4n) is 8.16.